The molecule has 5 nitrogen and oxygen atoms in total. The maximum Gasteiger partial charge on any atom is 0.317 e. The number of nitrogens with one attached hydrogen (secondary N) is 1. The van der Waals surface area contributed by atoms with Gasteiger partial charge in [0, 0.05) is 13.6 Å². The smallest absolute Gasteiger partial charge is 0.317 e. The molecule has 0 spiro atoms. The molecule has 1 unspecified atom stereocenters. The van der Waals surface area contributed by atoms with Gasteiger partial charge in [0.25, 0.3) is 0 Å². The number of aliphatic carboxylic acids is 1. The number of carboxylic acid groups (broad SMARTS) is 1. The van der Waals surface area contributed by atoms with Crippen LogP contribution in [0.15, 0.2) is 18.2 Å². The monoisotopic (exact) mass is 278 g/mol. The van der Waals surface area contributed by atoms with Crippen molar-refractivity contribution in [2.75, 3.05) is 13.6 Å². The lowest BCUT2D eigenvalue weighted by molar-refractivity contribution is -0.137. The average molecular weight is 278 g/mol. The summed E-state index contributed by atoms with van der Waals surface area (Å²) in [6.45, 7) is 6.14. The van der Waals surface area contributed by atoms with Crippen LogP contribution in [-0.4, -0.2) is 35.6 Å². The molecule has 1 aromatic carbocycles. The van der Waals surface area contributed by atoms with E-state index in [2.05, 4.69) is 11.4 Å². The predicted octanol–water partition coefficient (Wildman–Crippen LogP) is 2.48. The highest BCUT2D eigenvalue weighted by molar-refractivity contribution is 5.75. The van der Waals surface area contributed by atoms with E-state index in [1.807, 2.05) is 32.9 Å². The van der Waals surface area contributed by atoms with E-state index in [1.165, 1.54) is 4.90 Å². The molecule has 110 valence electrons. The lowest BCUT2D eigenvalue weighted by Gasteiger charge is -2.21. The number of hydrogen-bond acceptors (Lipinski definition) is 2. The first-order valence-electron chi connectivity index (χ1n) is 6.61. The summed E-state index contributed by atoms with van der Waals surface area (Å²) in [4.78, 5) is 23.8. The number of aryl methyl sites for hydroxylation is 2. The van der Waals surface area contributed by atoms with Gasteiger partial charge in [-0.25, -0.2) is 4.79 Å². The number of benzene rings is 1. The third-order valence-electron chi connectivity index (χ3n) is 3.09. The van der Waals surface area contributed by atoms with Crippen molar-refractivity contribution in [2.24, 2.45) is 0 Å². The topological polar surface area (TPSA) is 69.6 Å². The second kappa shape index (κ2) is 6.93. The zero-order chi connectivity index (χ0) is 15.3. The van der Waals surface area contributed by atoms with Crippen LogP contribution in [0.3, 0.4) is 0 Å². The fourth-order valence-corrected chi connectivity index (χ4v) is 2.00. The minimum absolute atomic E-state index is 0.0537. The van der Waals surface area contributed by atoms with Crippen molar-refractivity contribution in [1.82, 2.24) is 10.2 Å². The molecule has 0 bridgehead atoms. The minimum atomic E-state index is -0.910. The fraction of sp³-hybridized carbons (Fsp3) is 0.467. The summed E-state index contributed by atoms with van der Waals surface area (Å²) in [7, 11) is 1.59. The Morgan fingerprint density at radius 1 is 1.25 bits per heavy atom. The number of amides is 2. The summed E-state index contributed by atoms with van der Waals surface area (Å²) in [5.74, 6) is -0.910. The van der Waals surface area contributed by atoms with Crippen molar-refractivity contribution in [3.63, 3.8) is 0 Å². The van der Waals surface area contributed by atoms with E-state index in [4.69, 9.17) is 5.11 Å². The van der Waals surface area contributed by atoms with Crippen LogP contribution in [0.2, 0.25) is 0 Å². The average Bonchev–Trinajstić information content (AvgIpc) is 2.34. The number of hydrogen-bond donors (Lipinski definition) is 2. The number of rotatable bonds is 5. The van der Waals surface area contributed by atoms with Crippen LogP contribution in [0.5, 0.6) is 0 Å². The largest absolute Gasteiger partial charge is 0.481 e. The first kappa shape index (κ1) is 16.0. The van der Waals surface area contributed by atoms with E-state index in [-0.39, 0.29) is 25.0 Å². The lowest BCUT2D eigenvalue weighted by atomic mass is 10.0. The van der Waals surface area contributed by atoms with Crippen LogP contribution in [0, 0.1) is 13.8 Å². The number of carboxylic acids is 1. The zero-order valence-electron chi connectivity index (χ0n) is 12.4. The quantitative estimate of drug-likeness (QED) is 0.869. The van der Waals surface area contributed by atoms with E-state index in [1.54, 1.807) is 7.05 Å². The van der Waals surface area contributed by atoms with Gasteiger partial charge in [-0.1, -0.05) is 29.3 Å². The Morgan fingerprint density at radius 3 is 2.30 bits per heavy atom. The molecule has 20 heavy (non-hydrogen) atoms. The molecule has 0 saturated carbocycles. The van der Waals surface area contributed by atoms with E-state index >= 15 is 0 Å². The molecule has 2 amide bonds. The summed E-state index contributed by atoms with van der Waals surface area (Å²) in [5, 5.41) is 11.5. The van der Waals surface area contributed by atoms with Crippen LogP contribution in [0.1, 0.15) is 36.1 Å². The molecule has 1 aromatic rings. The second-order valence-electron chi connectivity index (χ2n) is 5.16. The number of carbonyl (C=O) groups excluding carboxylic acids is 1. The molecule has 0 saturated heterocycles. The number of carbonyl (C=O) groups is 2. The first-order chi connectivity index (χ1) is 9.29. The van der Waals surface area contributed by atoms with Gasteiger partial charge in [0.2, 0.25) is 0 Å². The number of urea groups is 1. The van der Waals surface area contributed by atoms with Crippen molar-refractivity contribution >= 4 is 12.0 Å². The summed E-state index contributed by atoms with van der Waals surface area (Å²) < 4.78 is 0. The van der Waals surface area contributed by atoms with Crippen molar-refractivity contribution < 1.29 is 14.7 Å². The van der Waals surface area contributed by atoms with Gasteiger partial charge in [-0.05, 0) is 26.3 Å². The Kier molecular flexibility index (Phi) is 5.55. The molecular formula is C15H22N2O3. The number of nitrogens with zero attached hydrogens (tertiary/aromatic N) is 1. The minimum Gasteiger partial charge on any atom is -0.481 e. The van der Waals surface area contributed by atoms with Crippen LogP contribution in [0.4, 0.5) is 4.79 Å². The highest BCUT2D eigenvalue weighted by Crippen LogP contribution is 2.16. The van der Waals surface area contributed by atoms with Crippen molar-refractivity contribution in [3.05, 3.63) is 34.9 Å². The van der Waals surface area contributed by atoms with Gasteiger partial charge in [-0.3, -0.25) is 4.79 Å². The Labute approximate surface area is 119 Å². The van der Waals surface area contributed by atoms with Crippen LogP contribution in [0.25, 0.3) is 0 Å². The normalized spacial score (nSPS) is 11.8. The van der Waals surface area contributed by atoms with Gasteiger partial charge in [0.15, 0.2) is 0 Å². The highest BCUT2D eigenvalue weighted by Gasteiger charge is 2.14. The summed E-state index contributed by atoms with van der Waals surface area (Å²) in [6.07, 6.45) is -0.0537. The third-order valence-corrected chi connectivity index (χ3v) is 3.09. The van der Waals surface area contributed by atoms with Crippen molar-refractivity contribution in [1.29, 1.82) is 0 Å². The van der Waals surface area contributed by atoms with Gasteiger partial charge in [-0.15, -0.1) is 0 Å². The van der Waals surface area contributed by atoms with Crippen LogP contribution < -0.4 is 5.32 Å². The fourth-order valence-electron chi connectivity index (χ4n) is 2.00. The molecule has 0 heterocycles. The van der Waals surface area contributed by atoms with E-state index in [0.29, 0.717) is 0 Å². The van der Waals surface area contributed by atoms with Crippen molar-refractivity contribution in [2.45, 2.75) is 33.2 Å². The molecule has 1 atom stereocenters. The molecule has 0 aliphatic carbocycles. The molecule has 1 rings (SSSR count). The van der Waals surface area contributed by atoms with Crippen LogP contribution in [-0.2, 0) is 4.79 Å². The van der Waals surface area contributed by atoms with E-state index in [9.17, 15) is 9.59 Å². The molecule has 0 aliphatic heterocycles. The SMILES string of the molecule is Cc1cc(C)cc(C(C)NC(=O)N(C)CCC(=O)O)c1. The van der Waals surface area contributed by atoms with Gasteiger partial charge >= 0.3 is 12.0 Å². The predicted molar refractivity (Wildman–Crippen MR) is 77.7 cm³/mol. The second-order valence-corrected chi connectivity index (χ2v) is 5.16. The van der Waals surface area contributed by atoms with Crippen molar-refractivity contribution in [3.8, 4) is 0 Å². The molecule has 2 N–H and O–H groups in total. The Hall–Kier alpha value is -2.04. The highest BCUT2D eigenvalue weighted by atomic mass is 16.4. The van der Waals surface area contributed by atoms with E-state index in [0.717, 1.165) is 16.7 Å². The zero-order valence-corrected chi connectivity index (χ0v) is 12.4. The summed E-state index contributed by atoms with van der Waals surface area (Å²) in [6, 6.07) is 5.77. The van der Waals surface area contributed by atoms with Gasteiger partial charge in [0.05, 0.1) is 12.5 Å². The molecular weight excluding hydrogens is 256 g/mol. The Bertz CT molecular complexity index is 480. The molecule has 0 radical (unpaired) electrons. The van der Waals surface area contributed by atoms with Gasteiger partial charge in [0.1, 0.15) is 0 Å². The first-order valence-corrected chi connectivity index (χ1v) is 6.61. The molecule has 5 heteroatoms. The molecule has 0 fully saturated rings. The Balaban J connectivity index is 2.62. The molecule has 0 aromatic heterocycles. The standard InChI is InChI=1S/C15H22N2O3/c1-10-7-11(2)9-13(8-10)12(3)16-15(20)17(4)6-5-14(18)19/h7-9,12H,5-6H2,1-4H3,(H,16,20)(H,18,19). The Morgan fingerprint density at radius 2 is 1.80 bits per heavy atom. The van der Waals surface area contributed by atoms with Gasteiger partial charge in [-0.2, -0.15) is 0 Å². The summed E-state index contributed by atoms with van der Waals surface area (Å²) in [5.41, 5.74) is 3.35. The lowest BCUT2D eigenvalue weighted by Crippen LogP contribution is -2.39. The summed E-state index contributed by atoms with van der Waals surface area (Å²) >= 11 is 0. The van der Waals surface area contributed by atoms with Crippen LogP contribution >= 0.6 is 0 Å². The third kappa shape index (κ3) is 4.91. The maximum absolute atomic E-state index is 11.9. The maximum atomic E-state index is 11.9. The van der Waals surface area contributed by atoms with E-state index < -0.39 is 5.97 Å². The molecule has 0 aliphatic rings. The van der Waals surface area contributed by atoms with Gasteiger partial charge < -0.3 is 15.3 Å².